The van der Waals surface area contributed by atoms with Gasteiger partial charge in [-0.15, -0.1) is 13.2 Å². The van der Waals surface area contributed by atoms with E-state index in [0.717, 1.165) is 23.8 Å². The first kappa shape index (κ1) is 23.2. The van der Waals surface area contributed by atoms with Gasteiger partial charge in [-0.05, 0) is 35.9 Å². The Balaban J connectivity index is 1.18. The predicted octanol–water partition coefficient (Wildman–Crippen LogP) is 2.61. The lowest BCUT2D eigenvalue weighted by molar-refractivity contribution is -0.274. The molecule has 13 heteroatoms. The maximum atomic E-state index is 12.9. The van der Waals surface area contributed by atoms with E-state index in [4.69, 9.17) is 4.74 Å². The van der Waals surface area contributed by atoms with Crippen molar-refractivity contribution in [2.24, 2.45) is 5.92 Å². The second-order valence-corrected chi connectivity index (χ2v) is 8.27. The molecule has 2 aliphatic heterocycles. The van der Waals surface area contributed by atoms with E-state index >= 15 is 0 Å². The molecule has 1 fully saturated rings. The molecule has 2 aromatic carbocycles. The first-order valence-corrected chi connectivity index (χ1v) is 10.7. The van der Waals surface area contributed by atoms with Crippen LogP contribution in [-0.2, 0) is 4.79 Å². The minimum atomic E-state index is -4.89. The summed E-state index contributed by atoms with van der Waals surface area (Å²) in [5, 5.41) is 19.7. The van der Waals surface area contributed by atoms with Gasteiger partial charge in [0.2, 0.25) is 0 Å². The smallest absolute Gasteiger partial charge is 0.482 e. The summed E-state index contributed by atoms with van der Waals surface area (Å²) in [5.74, 6) is -1.12. The molecule has 1 N–H and O–H groups in total. The first-order chi connectivity index (χ1) is 17.2. The molecule has 0 radical (unpaired) electrons. The number of nitrogens with one attached hydrogen (secondary N) is 1. The van der Waals surface area contributed by atoms with Crippen LogP contribution in [0.5, 0.6) is 11.5 Å². The van der Waals surface area contributed by atoms with E-state index in [-0.39, 0.29) is 29.0 Å². The highest BCUT2D eigenvalue weighted by molar-refractivity contribution is 5.98. The van der Waals surface area contributed by atoms with Crippen molar-refractivity contribution in [1.29, 1.82) is 5.26 Å². The number of aromatic amines is 1. The number of fused-ring (bicyclic) bond motifs is 2. The quantitative estimate of drug-likeness (QED) is 0.573. The lowest BCUT2D eigenvalue weighted by Gasteiger charge is -2.20. The van der Waals surface area contributed by atoms with Gasteiger partial charge in [0.15, 0.2) is 6.61 Å². The fraction of sp³-hybridized carbons (Fsp3) is 0.261. The highest BCUT2D eigenvalue weighted by Crippen LogP contribution is 2.31. The molecule has 2 aliphatic rings. The fourth-order valence-electron chi connectivity index (χ4n) is 4.23. The predicted molar refractivity (Wildman–Crippen MR) is 116 cm³/mol. The number of carbonyl (C=O) groups excluding carboxylic acids is 2. The molecule has 1 aromatic heterocycles. The summed E-state index contributed by atoms with van der Waals surface area (Å²) in [6.07, 6.45) is -3.14. The third kappa shape index (κ3) is 4.65. The SMILES string of the molecule is N#Cc1cc(OC(F)(F)F)ccc1OCC(=O)N1CC2=CN(C(=O)c3ccc4n[nH]nc4c3)C[C@@H]2C1. The average molecular weight is 498 g/mol. The normalized spacial score (nSPS) is 17.1. The van der Waals surface area contributed by atoms with E-state index in [9.17, 15) is 28.0 Å². The molecular formula is C23H17F3N6O4. The van der Waals surface area contributed by atoms with Crippen LogP contribution >= 0.6 is 0 Å². The van der Waals surface area contributed by atoms with Gasteiger partial charge in [-0.2, -0.15) is 20.7 Å². The van der Waals surface area contributed by atoms with Crippen molar-refractivity contribution in [3.63, 3.8) is 0 Å². The van der Waals surface area contributed by atoms with Crippen LogP contribution in [0.2, 0.25) is 0 Å². The molecule has 10 nitrogen and oxygen atoms in total. The standard InChI is InChI=1S/C23H17F3N6O4/c24-23(25,26)36-17-2-4-20(14(5-17)7-27)35-12-21(33)31-8-15-10-32(11-16(15)9-31)22(34)13-1-3-18-19(6-13)29-30-28-18/h1-6,10,16H,8-9,11-12H2,(H,28,29,30)/t16-/m0/s1. The molecule has 1 atom stereocenters. The number of benzene rings is 2. The van der Waals surface area contributed by atoms with E-state index in [0.29, 0.717) is 36.2 Å². The number of hydrogen-bond donors (Lipinski definition) is 1. The zero-order valence-electron chi connectivity index (χ0n) is 18.5. The molecule has 3 aromatic rings. The lowest BCUT2D eigenvalue weighted by atomic mass is 10.1. The number of rotatable bonds is 5. The number of nitrogens with zero attached hydrogens (tertiary/aromatic N) is 5. The van der Waals surface area contributed by atoms with E-state index in [1.54, 1.807) is 40.3 Å². The van der Waals surface area contributed by atoms with Gasteiger partial charge in [0.25, 0.3) is 11.8 Å². The topological polar surface area (TPSA) is 124 Å². The van der Waals surface area contributed by atoms with Gasteiger partial charge in [0.1, 0.15) is 28.6 Å². The Morgan fingerprint density at radius 2 is 1.94 bits per heavy atom. The fourth-order valence-corrected chi connectivity index (χ4v) is 4.23. The molecule has 1 saturated heterocycles. The summed E-state index contributed by atoms with van der Waals surface area (Å²) in [4.78, 5) is 28.8. The molecule has 184 valence electrons. The molecule has 36 heavy (non-hydrogen) atoms. The number of ether oxygens (including phenoxy) is 2. The van der Waals surface area contributed by atoms with Crippen LogP contribution in [0, 0.1) is 17.2 Å². The van der Waals surface area contributed by atoms with Crippen molar-refractivity contribution in [3.8, 4) is 17.6 Å². The van der Waals surface area contributed by atoms with Gasteiger partial charge in [0, 0.05) is 43.4 Å². The lowest BCUT2D eigenvalue weighted by Crippen LogP contribution is -2.35. The van der Waals surface area contributed by atoms with Crippen molar-refractivity contribution in [1.82, 2.24) is 25.2 Å². The van der Waals surface area contributed by atoms with Crippen molar-refractivity contribution < 1.29 is 32.2 Å². The maximum Gasteiger partial charge on any atom is 0.573 e. The van der Waals surface area contributed by atoms with Gasteiger partial charge < -0.3 is 19.3 Å². The Kier molecular flexibility index (Phi) is 5.71. The average Bonchev–Trinajstić information content (AvgIpc) is 3.55. The van der Waals surface area contributed by atoms with Gasteiger partial charge in [-0.25, -0.2) is 0 Å². The third-order valence-corrected chi connectivity index (χ3v) is 5.91. The number of aromatic nitrogens is 3. The van der Waals surface area contributed by atoms with Crippen LogP contribution in [0.3, 0.4) is 0 Å². The molecule has 0 spiro atoms. The third-order valence-electron chi connectivity index (χ3n) is 5.91. The number of carbonyl (C=O) groups is 2. The summed E-state index contributed by atoms with van der Waals surface area (Å²) < 4.78 is 46.3. The van der Waals surface area contributed by atoms with Crippen LogP contribution in [0.25, 0.3) is 11.0 Å². The summed E-state index contributed by atoms with van der Waals surface area (Å²) >= 11 is 0. The van der Waals surface area contributed by atoms with E-state index in [1.165, 1.54) is 0 Å². The number of amides is 2. The molecule has 2 amide bonds. The molecule has 3 heterocycles. The van der Waals surface area contributed by atoms with Gasteiger partial charge >= 0.3 is 6.36 Å². The molecule has 0 saturated carbocycles. The summed E-state index contributed by atoms with van der Waals surface area (Å²) in [6, 6.07) is 9.84. The van der Waals surface area contributed by atoms with Gasteiger partial charge in [0.05, 0.1) is 5.56 Å². The Bertz CT molecular complexity index is 1430. The number of halogens is 3. The molecule has 5 rings (SSSR count). The van der Waals surface area contributed by atoms with E-state index in [1.807, 2.05) is 0 Å². The van der Waals surface area contributed by atoms with Gasteiger partial charge in [-0.1, -0.05) is 0 Å². The number of H-pyrrole nitrogens is 1. The second kappa shape index (κ2) is 8.88. The largest absolute Gasteiger partial charge is 0.573 e. The molecule has 0 bridgehead atoms. The molecule has 0 unspecified atom stereocenters. The Morgan fingerprint density at radius 3 is 2.69 bits per heavy atom. The van der Waals surface area contributed by atoms with E-state index < -0.39 is 18.7 Å². The zero-order valence-corrected chi connectivity index (χ0v) is 18.5. The minimum Gasteiger partial charge on any atom is -0.482 e. The Morgan fingerprint density at radius 1 is 1.14 bits per heavy atom. The van der Waals surface area contributed by atoms with Crippen molar-refractivity contribution in [2.45, 2.75) is 6.36 Å². The Hall–Kier alpha value is -4.60. The van der Waals surface area contributed by atoms with Crippen molar-refractivity contribution in [2.75, 3.05) is 26.2 Å². The van der Waals surface area contributed by atoms with Crippen molar-refractivity contribution in [3.05, 3.63) is 59.3 Å². The highest BCUT2D eigenvalue weighted by atomic mass is 19.4. The zero-order chi connectivity index (χ0) is 25.4. The summed E-state index contributed by atoms with van der Waals surface area (Å²) in [5.41, 5.74) is 2.47. The van der Waals surface area contributed by atoms with Crippen LogP contribution in [0.4, 0.5) is 13.2 Å². The molecule has 0 aliphatic carbocycles. The van der Waals surface area contributed by atoms with Crippen LogP contribution in [0.1, 0.15) is 15.9 Å². The maximum absolute atomic E-state index is 12.9. The summed E-state index contributed by atoms with van der Waals surface area (Å²) in [7, 11) is 0. The van der Waals surface area contributed by atoms with E-state index in [2.05, 4.69) is 20.1 Å². The van der Waals surface area contributed by atoms with Crippen molar-refractivity contribution >= 4 is 22.8 Å². The van der Waals surface area contributed by atoms with Crippen LogP contribution < -0.4 is 9.47 Å². The minimum absolute atomic E-state index is 0.0119. The highest BCUT2D eigenvalue weighted by Gasteiger charge is 2.37. The number of hydrogen-bond acceptors (Lipinski definition) is 7. The summed E-state index contributed by atoms with van der Waals surface area (Å²) in [6.45, 7) is 0.745. The second-order valence-electron chi connectivity index (χ2n) is 8.27. The Labute approximate surface area is 201 Å². The number of nitriles is 1. The van der Waals surface area contributed by atoms with Crippen LogP contribution in [-0.4, -0.2) is 69.6 Å². The van der Waals surface area contributed by atoms with Crippen LogP contribution in [0.15, 0.2) is 48.2 Å². The first-order valence-electron chi connectivity index (χ1n) is 10.7. The van der Waals surface area contributed by atoms with Gasteiger partial charge in [-0.3, -0.25) is 9.59 Å². The monoisotopic (exact) mass is 498 g/mol. The molecular weight excluding hydrogens is 481 g/mol. The number of likely N-dealkylation sites (tertiary alicyclic amines) is 1. The number of alkyl halides is 3.